The summed E-state index contributed by atoms with van der Waals surface area (Å²) >= 11 is 0. The van der Waals surface area contributed by atoms with E-state index in [0.29, 0.717) is 18.2 Å². The highest BCUT2D eigenvalue weighted by Gasteiger charge is 2.19. The van der Waals surface area contributed by atoms with Crippen LogP contribution < -0.4 is 10.6 Å². The molecule has 92 valence electrons. The molecule has 0 aliphatic heterocycles. The number of carbonyl (C=O) groups excluding carboxylic acids is 1. The molecule has 1 amide bonds. The minimum atomic E-state index is -0.369. The van der Waals surface area contributed by atoms with Gasteiger partial charge in [0, 0.05) is 24.7 Å². The van der Waals surface area contributed by atoms with Crippen LogP contribution in [0.15, 0.2) is 18.2 Å². The van der Waals surface area contributed by atoms with Gasteiger partial charge in [0.15, 0.2) is 0 Å². The SMILES string of the molecule is Cc1cc(F)cc(C(=O)NCCNC2CC2)c1. The maximum atomic E-state index is 13.1. The monoisotopic (exact) mass is 236 g/mol. The first kappa shape index (κ1) is 12.0. The Bertz CT molecular complexity index is 396. The predicted octanol–water partition coefficient (Wildman–Crippen LogP) is 1.62. The lowest BCUT2D eigenvalue weighted by atomic mass is 10.1. The lowest BCUT2D eigenvalue weighted by Crippen LogP contribution is -2.32. The molecular formula is C13H17FN2O. The summed E-state index contributed by atoms with van der Waals surface area (Å²) in [6.45, 7) is 3.12. The van der Waals surface area contributed by atoms with Gasteiger partial charge in [0.1, 0.15) is 5.82 Å². The molecule has 1 aliphatic rings. The van der Waals surface area contributed by atoms with Gasteiger partial charge in [-0.25, -0.2) is 4.39 Å². The standard InChI is InChI=1S/C13H17FN2O/c1-9-6-10(8-11(14)7-9)13(17)16-5-4-15-12-2-3-12/h6-8,12,15H,2-5H2,1H3,(H,16,17). The normalized spacial score (nSPS) is 14.7. The van der Waals surface area contributed by atoms with Gasteiger partial charge in [0.2, 0.25) is 0 Å². The third kappa shape index (κ3) is 3.82. The average molecular weight is 236 g/mol. The molecular weight excluding hydrogens is 219 g/mol. The summed E-state index contributed by atoms with van der Waals surface area (Å²) in [7, 11) is 0. The number of hydrogen-bond donors (Lipinski definition) is 2. The van der Waals surface area contributed by atoms with Crippen molar-refractivity contribution >= 4 is 5.91 Å². The fraction of sp³-hybridized carbons (Fsp3) is 0.462. The molecule has 0 radical (unpaired) electrons. The Balaban J connectivity index is 1.80. The smallest absolute Gasteiger partial charge is 0.251 e. The highest BCUT2D eigenvalue weighted by molar-refractivity contribution is 5.94. The van der Waals surface area contributed by atoms with Crippen LogP contribution in [0.5, 0.6) is 0 Å². The molecule has 0 bridgehead atoms. The number of nitrogens with one attached hydrogen (secondary N) is 2. The van der Waals surface area contributed by atoms with Gasteiger partial charge >= 0.3 is 0 Å². The van der Waals surface area contributed by atoms with Gasteiger partial charge in [-0.3, -0.25) is 4.79 Å². The summed E-state index contributed by atoms with van der Waals surface area (Å²) in [5.41, 5.74) is 1.14. The lowest BCUT2D eigenvalue weighted by molar-refractivity contribution is 0.0953. The van der Waals surface area contributed by atoms with Gasteiger partial charge in [0.05, 0.1) is 0 Å². The van der Waals surface area contributed by atoms with Gasteiger partial charge in [-0.1, -0.05) is 0 Å². The molecule has 1 aliphatic carbocycles. The number of rotatable bonds is 5. The first-order valence-electron chi connectivity index (χ1n) is 5.94. The summed E-state index contributed by atoms with van der Waals surface area (Å²) in [4.78, 5) is 11.7. The first-order valence-corrected chi connectivity index (χ1v) is 5.94. The molecule has 4 heteroatoms. The van der Waals surface area contributed by atoms with Crippen LogP contribution in [-0.2, 0) is 0 Å². The molecule has 2 N–H and O–H groups in total. The summed E-state index contributed by atoms with van der Waals surface area (Å²) in [5, 5.41) is 6.07. The van der Waals surface area contributed by atoms with E-state index in [4.69, 9.17) is 0 Å². The van der Waals surface area contributed by atoms with Crippen molar-refractivity contribution in [3.63, 3.8) is 0 Å². The Kier molecular flexibility index (Phi) is 3.74. The van der Waals surface area contributed by atoms with Crippen LogP contribution in [0.2, 0.25) is 0 Å². The third-order valence-electron chi connectivity index (χ3n) is 2.73. The highest BCUT2D eigenvalue weighted by Crippen LogP contribution is 2.17. The first-order chi connectivity index (χ1) is 8.15. The Hall–Kier alpha value is -1.42. The second kappa shape index (κ2) is 5.27. The number of carbonyl (C=O) groups is 1. The quantitative estimate of drug-likeness (QED) is 0.763. The predicted molar refractivity (Wildman–Crippen MR) is 64.5 cm³/mol. The van der Waals surface area contributed by atoms with Crippen molar-refractivity contribution in [2.45, 2.75) is 25.8 Å². The van der Waals surface area contributed by atoms with Crippen molar-refractivity contribution in [1.29, 1.82) is 0 Å². The van der Waals surface area contributed by atoms with E-state index in [0.717, 1.165) is 12.1 Å². The van der Waals surface area contributed by atoms with E-state index in [1.165, 1.54) is 25.0 Å². The minimum Gasteiger partial charge on any atom is -0.351 e. The van der Waals surface area contributed by atoms with E-state index >= 15 is 0 Å². The molecule has 0 atom stereocenters. The van der Waals surface area contributed by atoms with Gasteiger partial charge < -0.3 is 10.6 Å². The van der Waals surface area contributed by atoms with E-state index in [1.807, 2.05) is 0 Å². The fourth-order valence-corrected chi connectivity index (χ4v) is 1.71. The zero-order chi connectivity index (χ0) is 12.3. The average Bonchev–Trinajstić information content (AvgIpc) is 3.06. The number of benzene rings is 1. The van der Waals surface area contributed by atoms with Gasteiger partial charge in [-0.05, 0) is 43.5 Å². The van der Waals surface area contributed by atoms with Gasteiger partial charge in [-0.2, -0.15) is 0 Å². The Labute approximate surface area is 100 Å². The van der Waals surface area contributed by atoms with Crippen LogP contribution in [0.25, 0.3) is 0 Å². The molecule has 0 saturated heterocycles. The van der Waals surface area contributed by atoms with Crippen LogP contribution >= 0.6 is 0 Å². The molecule has 1 saturated carbocycles. The van der Waals surface area contributed by atoms with E-state index < -0.39 is 0 Å². The topological polar surface area (TPSA) is 41.1 Å². The van der Waals surface area contributed by atoms with Crippen molar-refractivity contribution in [2.75, 3.05) is 13.1 Å². The Morgan fingerprint density at radius 1 is 1.35 bits per heavy atom. The van der Waals surface area contributed by atoms with E-state index in [-0.39, 0.29) is 11.7 Å². The summed E-state index contributed by atoms with van der Waals surface area (Å²) < 4.78 is 13.1. The second-order valence-electron chi connectivity index (χ2n) is 4.50. The summed E-state index contributed by atoms with van der Waals surface area (Å²) in [6, 6.07) is 5.00. The number of aryl methyl sites for hydroxylation is 1. The molecule has 0 unspecified atom stereocenters. The van der Waals surface area contributed by atoms with E-state index in [1.54, 1.807) is 13.0 Å². The van der Waals surface area contributed by atoms with E-state index in [9.17, 15) is 9.18 Å². The number of amides is 1. The van der Waals surface area contributed by atoms with E-state index in [2.05, 4.69) is 10.6 Å². The third-order valence-corrected chi connectivity index (χ3v) is 2.73. The molecule has 2 rings (SSSR count). The molecule has 17 heavy (non-hydrogen) atoms. The minimum absolute atomic E-state index is 0.217. The van der Waals surface area contributed by atoms with Crippen molar-refractivity contribution in [3.8, 4) is 0 Å². The van der Waals surface area contributed by atoms with Crippen molar-refractivity contribution in [1.82, 2.24) is 10.6 Å². The van der Waals surface area contributed by atoms with Crippen LogP contribution in [0.3, 0.4) is 0 Å². The Morgan fingerprint density at radius 3 is 2.76 bits per heavy atom. The zero-order valence-electron chi connectivity index (χ0n) is 9.92. The number of hydrogen-bond acceptors (Lipinski definition) is 2. The summed E-state index contributed by atoms with van der Waals surface area (Å²) in [5.74, 6) is -0.587. The molecule has 1 fully saturated rings. The van der Waals surface area contributed by atoms with Crippen LogP contribution in [0.4, 0.5) is 4.39 Å². The molecule has 0 heterocycles. The fourth-order valence-electron chi connectivity index (χ4n) is 1.71. The highest BCUT2D eigenvalue weighted by atomic mass is 19.1. The number of halogens is 1. The Morgan fingerprint density at radius 2 is 2.12 bits per heavy atom. The molecule has 1 aromatic carbocycles. The maximum Gasteiger partial charge on any atom is 0.251 e. The van der Waals surface area contributed by atoms with Crippen molar-refractivity contribution < 1.29 is 9.18 Å². The second-order valence-corrected chi connectivity index (χ2v) is 4.50. The molecule has 0 spiro atoms. The molecule has 0 aromatic heterocycles. The lowest BCUT2D eigenvalue weighted by Gasteiger charge is -2.06. The molecule has 1 aromatic rings. The van der Waals surface area contributed by atoms with Crippen LogP contribution in [0, 0.1) is 12.7 Å². The summed E-state index contributed by atoms with van der Waals surface area (Å²) in [6.07, 6.45) is 2.47. The maximum absolute atomic E-state index is 13.1. The van der Waals surface area contributed by atoms with Crippen molar-refractivity contribution in [3.05, 3.63) is 35.1 Å². The van der Waals surface area contributed by atoms with Gasteiger partial charge in [0.25, 0.3) is 5.91 Å². The molecule has 3 nitrogen and oxygen atoms in total. The zero-order valence-corrected chi connectivity index (χ0v) is 9.92. The van der Waals surface area contributed by atoms with Gasteiger partial charge in [-0.15, -0.1) is 0 Å². The van der Waals surface area contributed by atoms with Crippen LogP contribution in [-0.4, -0.2) is 25.0 Å². The van der Waals surface area contributed by atoms with Crippen LogP contribution in [0.1, 0.15) is 28.8 Å². The largest absolute Gasteiger partial charge is 0.351 e. The van der Waals surface area contributed by atoms with Crippen molar-refractivity contribution in [2.24, 2.45) is 0 Å².